The molecule has 1 saturated heterocycles. The van der Waals surface area contributed by atoms with Crippen molar-refractivity contribution in [3.8, 4) is 0 Å². The molecular formula is C12H19N5O. The van der Waals surface area contributed by atoms with E-state index in [0.29, 0.717) is 11.9 Å². The summed E-state index contributed by atoms with van der Waals surface area (Å²) >= 11 is 0. The predicted molar refractivity (Wildman–Crippen MR) is 69.3 cm³/mol. The molecule has 6 heteroatoms. The van der Waals surface area contributed by atoms with E-state index in [1.165, 1.54) is 25.5 Å². The van der Waals surface area contributed by atoms with Gasteiger partial charge in [0.2, 0.25) is 0 Å². The largest absolute Gasteiger partial charge is 0.369 e. The van der Waals surface area contributed by atoms with Gasteiger partial charge in [-0.05, 0) is 25.8 Å². The molecule has 0 spiro atoms. The molecule has 98 valence electrons. The number of anilines is 1. The van der Waals surface area contributed by atoms with Gasteiger partial charge in [0.1, 0.15) is 11.5 Å². The van der Waals surface area contributed by atoms with Crippen molar-refractivity contribution in [2.45, 2.75) is 31.7 Å². The van der Waals surface area contributed by atoms with Crippen molar-refractivity contribution in [1.29, 1.82) is 0 Å². The molecule has 6 nitrogen and oxygen atoms in total. The van der Waals surface area contributed by atoms with Crippen LogP contribution in [0, 0.1) is 0 Å². The van der Waals surface area contributed by atoms with E-state index in [9.17, 15) is 4.79 Å². The highest BCUT2D eigenvalue weighted by molar-refractivity contribution is 5.90. The second-order valence-corrected chi connectivity index (χ2v) is 4.52. The number of hydrogen-bond donors (Lipinski definition) is 3. The van der Waals surface area contributed by atoms with Gasteiger partial charge in [0.25, 0.3) is 5.91 Å². The lowest BCUT2D eigenvalue weighted by Crippen LogP contribution is -2.35. The van der Waals surface area contributed by atoms with Gasteiger partial charge in [0.05, 0.1) is 12.4 Å². The lowest BCUT2D eigenvalue weighted by atomic mass is 10.0. The van der Waals surface area contributed by atoms with Crippen LogP contribution in [0.4, 0.5) is 5.82 Å². The molecule has 1 aromatic rings. The van der Waals surface area contributed by atoms with E-state index in [0.717, 1.165) is 19.5 Å². The normalized spacial score (nSPS) is 19.4. The average Bonchev–Trinajstić information content (AvgIpc) is 2.40. The molecule has 0 bridgehead atoms. The van der Waals surface area contributed by atoms with E-state index in [1.807, 2.05) is 0 Å². The molecule has 2 heterocycles. The van der Waals surface area contributed by atoms with Crippen LogP contribution in [0.5, 0.6) is 0 Å². The van der Waals surface area contributed by atoms with Gasteiger partial charge in [0, 0.05) is 12.6 Å². The molecule has 18 heavy (non-hydrogen) atoms. The van der Waals surface area contributed by atoms with Crippen LogP contribution in [0.15, 0.2) is 12.4 Å². The Morgan fingerprint density at radius 1 is 1.50 bits per heavy atom. The standard InChI is InChI=1S/C12H19N5O/c13-12(18)10-7-14-8-11(17-10)16-6-4-9-3-1-2-5-15-9/h7-9,15H,1-6H2,(H2,13,18)(H,16,17)/t9-/m1/s1. The topological polar surface area (TPSA) is 92.9 Å². The summed E-state index contributed by atoms with van der Waals surface area (Å²) in [5.41, 5.74) is 5.34. The Morgan fingerprint density at radius 2 is 2.39 bits per heavy atom. The number of carbonyl (C=O) groups excluding carboxylic acids is 1. The first kappa shape index (κ1) is 12.8. The Morgan fingerprint density at radius 3 is 3.11 bits per heavy atom. The summed E-state index contributed by atoms with van der Waals surface area (Å²) < 4.78 is 0. The first-order valence-corrected chi connectivity index (χ1v) is 6.35. The molecule has 1 atom stereocenters. The third-order valence-electron chi connectivity index (χ3n) is 3.10. The van der Waals surface area contributed by atoms with Gasteiger partial charge in [-0.1, -0.05) is 6.42 Å². The van der Waals surface area contributed by atoms with Gasteiger partial charge >= 0.3 is 0 Å². The number of hydrogen-bond acceptors (Lipinski definition) is 5. The smallest absolute Gasteiger partial charge is 0.268 e. The van der Waals surface area contributed by atoms with Gasteiger partial charge in [-0.3, -0.25) is 9.78 Å². The van der Waals surface area contributed by atoms with Crippen LogP contribution in [0.2, 0.25) is 0 Å². The minimum Gasteiger partial charge on any atom is -0.369 e. The predicted octanol–water partition coefficient (Wildman–Crippen LogP) is 0.520. The fourth-order valence-electron chi connectivity index (χ4n) is 2.11. The summed E-state index contributed by atoms with van der Waals surface area (Å²) in [6.45, 7) is 1.93. The number of primary amides is 1. The Hall–Kier alpha value is -1.69. The molecule has 2 rings (SSSR count). The number of carbonyl (C=O) groups is 1. The molecular weight excluding hydrogens is 230 g/mol. The highest BCUT2D eigenvalue weighted by Gasteiger charge is 2.11. The number of aromatic nitrogens is 2. The summed E-state index contributed by atoms with van der Waals surface area (Å²) in [6, 6.07) is 0.582. The lowest BCUT2D eigenvalue weighted by Gasteiger charge is -2.23. The SMILES string of the molecule is NC(=O)c1cncc(NCC[C@H]2CCCCN2)n1. The van der Waals surface area contributed by atoms with Crippen LogP contribution in [-0.2, 0) is 0 Å². The maximum Gasteiger partial charge on any atom is 0.268 e. The second kappa shape index (κ2) is 6.30. The quantitative estimate of drug-likeness (QED) is 0.707. The minimum atomic E-state index is -0.555. The molecule has 0 radical (unpaired) electrons. The van der Waals surface area contributed by atoms with Crippen LogP contribution in [0.3, 0.4) is 0 Å². The van der Waals surface area contributed by atoms with Crippen molar-refractivity contribution < 1.29 is 4.79 Å². The molecule has 0 aromatic carbocycles. The summed E-state index contributed by atoms with van der Waals surface area (Å²) in [6.07, 6.45) is 7.82. The van der Waals surface area contributed by atoms with Crippen molar-refractivity contribution >= 4 is 11.7 Å². The molecule has 1 amide bonds. The van der Waals surface area contributed by atoms with E-state index < -0.39 is 5.91 Å². The molecule has 0 saturated carbocycles. The molecule has 1 fully saturated rings. The van der Waals surface area contributed by atoms with Crippen molar-refractivity contribution in [3.63, 3.8) is 0 Å². The zero-order chi connectivity index (χ0) is 12.8. The average molecular weight is 249 g/mol. The van der Waals surface area contributed by atoms with Crippen LogP contribution >= 0.6 is 0 Å². The van der Waals surface area contributed by atoms with E-state index in [1.54, 1.807) is 6.20 Å². The fraction of sp³-hybridized carbons (Fsp3) is 0.583. The Balaban J connectivity index is 1.78. The molecule has 1 aliphatic rings. The van der Waals surface area contributed by atoms with E-state index in [4.69, 9.17) is 5.73 Å². The van der Waals surface area contributed by atoms with Gasteiger partial charge in [-0.25, -0.2) is 4.98 Å². The van der Waals surface area contributed by atoms with Crippen molar-refractivity contribution in [3.05, 3.63) is 18.1 Å². The summed E-state index contributed by atoms with van der Waals surface area (Å²) in [7, 11) is 0. The number of rotatable bonds is 5. The first-order chi connectivity index (χ1) is 8.75. The lowest BCUT2D eigenvalue weighted by molar-refractivity contribution is 0.0995. The van der Waals surface area contributed by atoms with Gasteiger partial charge < -0.3 is 16.4 Å². The monoisotopic (exact) mass is 249 g/mol. The number of amides is 1. The van der Waals surface area contributed by atoms with Crippen LogP contribution in [0.1, 0.15) is 36.2 Å². The zero-order valence-electron chi connectivity index (χ0n) is 10.4. The zero-order valence-corrected chi connectivity index (χ0v) is 10.4. The third-order valence-corrected chi connectivity index (χ3v) is 3.10. The Kier molecular flexibility index (Phi) is 4.46. The van der Waals surface area contributed by atoms with Crippen molar-refractivity contribution in [1.82, 2.24) is 15.3 Å². The number of nitrogens with two attached hydrogens (primary N) is 1. The summed E-state index contributed by atoms with van der Waals surface area (Å²) in [5.74, 6) is 0.0437. The Labute approximate surface area is 106 Å². The summed E-state index contributed by atoms with van der Waals surface area (Å²) in [4.78, 5) is 19.0. The highest BCUT2D eigenvalue weighted by Crippen LogP contribution is 2.10. The maximum absolute atomic E-state index is 11.0. The highest BCUT2D eigenvalue weighted by atomic mass is 16.1. The fourth-order valence-corrected chi connectivity index (χ4v) is 2.11. The van der Waals surface area contributed by atoms with E-state index >= 15 is 0 Å². The van der Waals surface area contributed by atoms with Gasteiger partial charge in [-0.15, -0.1) is 0 Å². The number of piperidine rings is 1. The number of nitrogens with one attached hydrogen (secondary N) is 2. The molecule has 4 N–H and O–H groups in total. The number of nitrogens with zero attached hydrogens (tertiary/aromatic N) is 2. The second-order valence-electron chi connectivity index (χ2n) is 4.52. The summed E-state index contributed by atoms with van der Waals surface area (Å²) in [5, 5.41) is 6.65. The van der Waals surface area contributed by atoms with E-state index in [-0.39, 0.29) is 5.69 Å². The molecule has 0 aliphatic carbocycles. The van der Waals surface area contributed by atoms with Crippen LogP contribution in [-0.4, -0.2) is 35.0 Å². The Bertz CT molecular complexity index is 403. The molecule has 1 aliphatic heterocycles. The van der Waals surface area contributed by atoms with Crippen LogP contribution in [0.25, 0.3) is 0 Å². The van der Waals surface area contributed by atoms with Crippen molar-refractivity contribution in [2.24, 2.45) is 5.73 Å². The minimum absolute atomic E-state index is 0.191. The molecule has 0 unspecified atom stereocenters. The maximum atomic E-state index is 11.0. The first-order valence-electron chi connectivity index (χ1n) is 6.35. The molecule has 1 aromatic heterocycles. The van der Waals surface area contributed by atoms with E-state index in [2.05, 4.69) is 20.6 Å². The van der Waals surface area contributed by atoms with Crippen LogP contribution < -0.4 is 16.4 Å². The van der Waals surface area contributed by atoms with Gasteiger partial charge in [-0.2, -0.15) is 0 Å². The van der Waals surface area contributed by atoms with Gasteiger partial charge in [0.15, 0.2) is 0 Å². The third kappa shape index (κ3) is 3.66. The van der Waals surface area contributed by atoms with Crippen molar-refractivity contribution in [2.75, 3.05) is 18.4 Å².